The maximum absolute atomic E-state index is 12.6. The first kappa shape index (κ1) is 19.0. The van der Waals surface area contributed by atoms with Gasteiger partial charge < -0.3 is 10.1 Å². The van der Waals surface area contributed by atoms with Crippen LogP contribution in [-0.4, -0.2) is 26.7 Å². The molecule has 1 unspecified atom stereocenters. The molecule has 25 heavy (non-hydrogen) atoms. The number of anilines is 1. The summed E-state index contributed by atoms with van der Waals surface area (Å²) in [4.78, 5) is 12.4. The number of carbonyl (C=O) groups excluding carboxylic acids is 1. The van der Waals surface area contributed by atoms with Gasteiger partial charge in [-0.15, -0.1) is 0 Å². The minimum Gasteiger partial charge on any atom is -0.497 e. The fourth-order valence-electron chi connectivity index (χ4n) is 2.41. The second-order valence-electron chi connectivity index (χ2n) is 6.10. The van der Waals surface area contributed by atoms with Crippen molar-refractivity contribution in [3.8, 4) is 5.75 Å². The third kappa shape index (κ3) is 4.82. The van der Waals surface area contributed by atoms with Gasteiger partial charge in [0, 0.05) is 11.8 Å². The Bertz CT molecular complexity index is 875. The summed E-state index contributed by atoms with van der Waals surface area (Å²) in [6, 6.07) is 12.5. The zero-order valence-corrected chi connectivity index (χ0v) is 15.7. The Morgan fingerprint density at radius 1 is 1.16 bits per heavy atom. The lowest BCUT2D eigenvalue weighted by Gasteiger charge is -2.15. The maximum Gasteiger partial charge on any atom is 0.242 e. The Kier molecular flexibility index (Phi) is 5.85. The summed E-state index contributed by atoms with van der Waals surface area (Å²) in [5, 5.41) is 1.48. The van der Waals surface area contributed by atoms with Crippen molar-refractivity contribution in [1.82, 2.24) is 0 Å². The number of rotatable bonds is 6. The maximum atomic E-state index is 12.6. The molecule has 1 amide bonds. The van der Waals surface area contributed by atoms with Crippen molar-refractivity contribution in [2.75, 3.05) is 12.4 Å². The first-order valence-corrected chi connectivity index (χ1v) is 9.67. The second-order valence-corrected chi connectivity index (χ2v) is 8.42. The molecule has 0 bridgehead atoms. The number of nitrogens with one attached hydrogen (secondary N) is 1. The zero-order valence-electron chi connectivity index (χ0n) is 14.9. The van der Waals surface area contributed by atoms with Crippen LogP contribution in [0.25, 0.3) is 0 Å². The summed E-state index contributed by atoms with van der Waals surface area (Å²) in [7, 11) is -2.10. The van der Waals surface area contributed by atoms with Crippen molar-refractivity contribution in [2.45, 2.75) is 31.8 Å². The molecule has 0 heterocycles. The quantitative estimate of drug-likeness (QED) is 0.857. The monoisotopic (exact) mass is 361 g/mol. The van der Waals surface area contributed by atoms with Crippen molar-refractivity contribution in [3.63, 3.8) is 0 Å². The lowest BCUT2D eigenvalue weighted by molar-refractivity contribution is -0.115. The molecule has 6 heteroatoms. The first-order chi connectivity index (χ1) is 11.7. The fourth-order valence-corrected chi connectivity index (χ4v) is 3.78. The molecule has 5 nitrogen and oxygen atoms in total. The van der Waals surface area contributed by atoms with Gasteiger partial charge in [-0.2, -0.15) is 0 Å². The number of sulfone groups is 1. The van der Waals surface area contributed by atoms with Gasteiger partial charge in [-0.05, 0) is 44.0 Å². The highest BCUT2D eigenvalue weighted by Crippen LogP contribution is 2.20. The molecule has 2 aromatic carbocycles. The van der Waals surface area contributed by atoms with Crippen molar-refractivity contribution in [3.05, 3.63) is 59.2 Å². The molecule has 0 aliphatic carbocycles. The Balaban J connectivity index is 2.15. The van der Waals surface area contributed by atoms with E-state index in [0.717, 1.165) is 16.7 Å². The highest BCUT2D eigenvalue weighted by Gasteiger charge is 2.28. The van der Waals surface area contributed by atoms with Gasteiger partial charge in [-0.3, -0.25) is 4.79 Å². The number of methoxy groups -OCH3 is 1. The van der Waals surface area contributed by atoms with E-state index in [2.05, 4.69) is 5.32 Å². The lowest BCUT2D eigenvalue weighted by Crippen LogP contribution is -2.33. The van der Waals surface area contributed by atoms with Crippen LogP contribution in [0.15, 0.2) is 42.5 Å². The molecular formula is C19H23NO4S. The largest absolute Gasteiger partial charge is 0.497 e. The Morgan fingerprint density at radius 2 is 1.88 bits per heavy atom. The molecule has 0 saturated carbocycles. The second kappa shape index (κ2) is 7.70. The van der Waals surface area contributed by atoms with E-state index in [4.69, 9.17) is 4.74 Å². The van der Waals surface area contributed by atoms with Crippen LogP contribution in [0.4, 0.5) is 5.69 Å². The fraction of sp³-hybridized carbons (Fsp3) is 0.316. The summed E-state index contributed by atoms with van der Waals surface area (Å²) in [5.74, 6) is -0.130. The van der Waals surface area contributed by atoms with Crippen LogP contribution in [0.5, 0.6) is 5.75 Å². The van der Waals surface area contributed by atoms with Gasteiger partial charge in [0.05, 0.1) is 12.9 Å². The van der Waals surface area contributed by atoms with Gasteiger partial charge in [0.1, 0.15) is 11.0 Å². The molecule has 0 saturated heterocycles. The van der Waals surface area contributed by atoms with Crippen LogP contribution >= 0.6 is 0 Å². The molecular weight excluding hydrogens is 338 g/mol. The molecule has 0 aromatic heterocycles. The van der Waals surface area contributed by atoms with Gasteiger partial charge in [0.25, 0.3) is 0 Å². The Labute approximate surface area is 148 Å². The van der Waals surface area contributed by atoms with Crippen LogP contribution in [0.3, 0.4) is 0 Å². The van der Waals surface area contributed by atoms with E-state index in [1.54, 1.807) is 24.3 Å². The minimum atomic E-state index is -3.63. The molecule has 1 N–H and O–H groups in total. The van der Waals surface area contributed by atoms with Crippen molar-refractivity contribution >= 4 is 21.4 Å². The zero-order chi connectivity index (χ0) is 18.6. The molecule has 2 aromatic rings. The van der Waals surface area contributed by atoms with Crippen LogP contribution in [0.1, 0.15) is 23.6 Å². The Hall–Kier alpha value is -2.34. The molecule has 0 aliphatic heterocycles. The van der Waals surface area contributed by atoms with Gasteiger partial charge in [-0.1, -0.05) is 29.8 Å². The predicted molar refractivity (Wildman–Crippen MR) is 99.6 cm³/mol. The summed E-state index contributed by atoms with van der Waals surface area (Å²) < 4.78 is 30.4. The molecule has 2 rings (SSSR count). The van der Waals surface area contributed by atoms with Crippen molar-refractivity contribution < 1.29 is 17.9 Å². The molecule has 134 valence electrons. The minimum absolute atomic E-state index is 0.160. The SMILES string of the molecule is COc1cccc(NC(=O)C(C)S(=O)(=O)Cc2cc(C)ccc2C)c1. The number of hydrogen-bond donors (Lipinski definition) is 1. The number of aryl methyl sites for hydroxylation is 2. The third-order valence-electron chi connectivity index (χ3n) is 4.11. The summed E-state index contributed by atoms with van der Waals surface area (Å²) in [6.45, 7) is 5.19. The van der Waals surface area contributed by atoms with E-state index < -0.39 is 21.0 Å². The number of hydrogen-bond acceptors (Lipinski definition) is 4. The highest BCUT2D eigenvalue weighted by molar-refractivity contribution is 7.92. The van der Waals surface area contributed by atoms with Crippen molar-refractivity contribution in [2.24, 2.45) is 0 Å². The van der Waals surface area contributed by atoms with Crippen LogP contribution < -0.4 is 10.1 Å². The van der Waals surface area contributed by atoms with Gasteiger partial charge in [-0.25, -0.2) is 8.42 Å². The Morgan fingerprint density at radius 3 is 2.56 bits per heavy atom. The third-order valence-corrected chi connectivity index (χ3v) is 6.11. The van der Waals surface area contributed by atoms with E-state index in [1.807, 2.05) is 32.0 Å². The standard InChI is InChI=1S/C19H23NO4S/c1-13-8-9-14(2)16(10-13)12-25(22,23)15(3)19(21)20-17-6-5-7-18(11-17)24-4/h5-11,15H,12H2,1-4H3,(H,20,21). The number of amides is 1. The summed E-state index contributed by atoms with van der Waals surface area (Å²) >= 11 is 0. The molecule has 0 aliphatic rings. The van der Waals surface area contributed by atoms with E-state index in [1.165, 1.54) is 14.0 Å². The van der Waals surface area contributed by atoms with E-state index in [9.17, 15) is 13.2 Å². The smallest absolute Gasteiger partial charge is 0.242 e. The van der Waals surface area contributed by atoms with Crippen molar-refractivity contribution in [1.29, 1.82) is 0 Å². The predicted octanol–water partition coefficient (Wildman–Crippen LogP) is 3.25. The normalized spacial score (nSPS) is 12.5. The number of carbonyl (C=O) groups is 1. The molecule has 0 spiro atoms. The summed E-state index contributed by atoms with van der Waals surface area (Å²) in [6.07, 6.45) is 0. The highest BCUT2D eigenvalue weighted by atomic mass is 32.2. The lowest BCUT2D eigenvalue weighted by atomic mass is 10.1. The van der Waals surface area contributed by atoms with Crippen LogP contribution in [-0.2, 0) is 20.4 Å². The average Bonchev–Trinajstić information content (AvgIpc) is 2.57. The number of ether oxygens (including phenoxy) is 1. The topological polar surface area (TPSA) is 72.5 Å². The van der Waals surface area contributed by atoms with E-state index >= 15 is 0 Å². The average molecular weight is 361 g/mol. The first-order valence-electron chi connectivity index (χ1n) is 7.95. The van der Waals surface area contributed by atoms with E-state index in [-0.39, 0.29) is 5.75 Å². The molecule has 0 fully saturated rings. The number of benzene rings is 2. The van der Waals surface area contributed by atoms with E-state index in [0.29, 0.717) is 11.4 Å². The van der Waals surface area contributed by atoms with Gasteiger partial charge in [0.2, 0.25) is 5.91 Å². The molecule has 1 atom stereocenters. The van der Waals surface area contributed by atoms with Gasteiger partial charge in [0.15, 0.2) is 9.84 Å². The van der Waals surface area contributed by atoms with Crippen LogP contribution in [0, 0.1) is 13.8 Å². The summed E-state index contributed by atoms with van der Waals surface area (Å²) in [5.41, 5.74) is 3.11. The molecule has 0 radical (unpaired) electrons. The van der Waals surface area contributed by atoms with Crippen LogP contribution in [0.2, 0.25) is 0 Å². The van der Waals surface area contributed by atoms with Gasteiger partial charge >= 0.3 is 0 Å².